The van der Waals surface area contributed by atoms with Crippen LogP contribution in [0.1, 0.15) is 24.0 Å². The molecular formula is C22H32O8S4. The standard InChI is InChI=1S/C11H16O5S2.C11H16O3S2/c1-10-4-6-11(7-5-10)18(14,15)16-8-3-9-17(2,12)13;1-10-4-6-11(7-5-10)16(12,13)14-8-3-9-15-2/h4-7H,3,8-9H2,1-2H3;4-7H,3,8-9H2,1-2H3. The van der Waals surface area contributed by atoms with E-state index in [4.69, 9.17) is 8.37 Å². The van der Waals surface area contributed by atoms with Crippen LogP contribution in [0.25, 0.3) is 0 Å². The molecule has 34 heavy (non-hydrogen) atoms. The van der Waals surface area contributed by atoms with Gasteiger partial charge in [-0.05, 0) is 63.0 Å². The Morgan fingerprint density at radius 3 is 1.41 bits per heavy atom. The number of hydrogen-bond donors (Lipinski definition) is 0. The first-order chi connectivity index (χ1) is 15.8. The van der Waals surface area contributed by atoms with Gasteiger partial charge in [-0.25, -0.2) is 8.42 Å². The van der Waals surface area contributed by atoms with Crippen molar-refractivity contribution < 1.29 is 33.6 Å². The Labute approximate surface area is 208 Å². The van der Waals surface area contributed by atoms with Crippen molar-refractivity contribution in [1.29, 1.82) is 0 Å². The summed E-state index contributed by atoms with van der Waals surface area (Å²) >= 11 is 1.68. The van der Waals surface area contributed by atoms with Crippen molar-refractivity contribution in [1.82, 2.24) is 0 Å². The van der Waals surface area contributed by atoms with E-state index in [1.54, 1.807) is 48.2 Å². The number of aryl methyl sites for hydroxylation is 2. The molecule has 0 unspecified atom stereocenters. The Hall–Kier alpha value is -1.44. The summed E-state index contributed by atoms with van der Waals surface area (Å²) in [6.45, 7) is 3.87. The van der Waals surface area contributed by atoms with Crippen LogP contribution in [0.3, 0.4) is 0 Å². The molecule has 0 saturated carbocycles. The molecule has 0 atom stereocenters. The topological polar surface area (TPSA) is 121 Å². The molecule has 0 fully saturated rings. The average molecular weight is 553 g/mol. The van der Waals surface area contributed by atoms with Gasteiger partial charge < -0.3 is 0 Å². The van der Waals surface area contributed by atoms with Crippen molar-refractivity contribution in [2.45, 2.75) is 36.5 Å². The lowest BCUT2D eigenvalue weighted by molar-refractivity contribution is 0.318. The quantitative estimate of drug-likeness (QED) is 0.287. The molecule has 0 heterocycles. The minimum atomic E-state index is -3.79. The molecule has 0 radical (unpaired) electrons. The Morgan fingerprint density at radius 1 is 0.676 bits per heavy atom. The third-order valence-electron chi connectivity index (χ3n) is 4.25. The molecule has 0 N–H and O–H groups in total. The maximum atomic E-state index is 11.7. The van der Waals surface area contributed by atoms with Gasteiger partial charge in [-0.15, -0.1) is 0 Å². The van der Waals surface area contributed by atoms with Crippen LogP contribution in [0.15, 0.2) is 58.3 Å². The molecule has 2 aromatic carbocycles. The first kappa shape index (κ1) is 30.6. The predicted molar refractivity (Wildman–Crippen MR) is 136 cm³/mol. The molecular weight excluding hydrogens is 521 g/mol. The lowest BCUT2D eigenvalue weighted by atomic mass is 10.2. The van der Waals surface area contributed by atoms with Gasteiger partial charge >= 0.3 is 0 Å². The fraction of sp³-hybridized carbons (Fsp3) is 0.455. The molecule has 0 aliphatic rings. The zero-order chi connectivity index (χ0) is 25.8. The fourth-order valence-electron chi connectivity index (χ4n) is 2.41. The number of benzene rings is 2. The van der Waals surface area contributed by atoms with E-state index in [9.17, 15) is 25.3 Å². The van der Waals surface area contributed by atoms with Crippen molar-refractivity contribution >= 4 is 41.8 Å². The highest BCUT2D eigenvalue weighted by atomic mass is 32.2. The second-order valence-electron chi connectivity index (χ2n) is 7.51. The highest BCUT2D eigenvalue weighted by molar-refractivity contribution is 7.98. The number of rotatable bonds is 12. The van der Waals surface area contributed by atoms with Crippen LogP contribution in [-0.2, 0) is 38.4 Å². The van der Waals surface area contributed by atoms with E-state index >= 15 is 0 Å². The first-order valence-corrected chi connectivity index (χ1v) is 16.6. The van der Waals surface area contributed by atoms with E-state index in [0.717, 1.165) is 29.6 Å². The third-order valence-corrected chi connectivity index (χ3v) is 8.63. The zero-order valence-corrected chi connectivity index (χ0v) is 23.0. The van der Waals surface area contributed by atoms with E-state index < -0.39 is 30.1 Å². The molecule has 0 saturated heterocycles. The van der Waals surface area contributed by atoms with Gasteiger partial charge in [0.2, 0.25) is 0 Å². The van der Waals surface area contributed by atoms with Gasteiger partial charge in [0.15, 0.2) is 0 Å². The molecule has 0 aliphatic carbocycles. The fourth-order valence-corrected chi connectivity index (χ4v) is 5.34. The molecule has 0 spiro atoms. The van der Waals surface area contributed by atoms with Crippen molar-refractivity contribution in [2.75, 3.05) is 37.2 Å². The summed E-state index contributed by atoms with van der Waals surface area (Å²) in [5.41, 5.74) is 1.98. The second-order valence-corrected chi connectivity index (χ2v) is 14.0. The van der Waals surface area contributed by atoms with E-state index in [1.807, 2.05) is 20.1 Å². The van der Waals surface area contributed by atoms with Gasteiger partial charge in [0.1, 0.15) is 9.84 Å². The van der Waals surface area contributed by atoms with Crippen LogP contribution in [-0.4, -0.2) is 62.5 Å². The highest BCUT2D eigenvalue weighted by Crippen LogP contribution is 2.14. The van der Waals surface area contributed by atoms with E-state index in [1.165, 1.54) is 12.1 Å². The van der Waals surface area contributed by atoms with Crippen LogP contribution < -0.4 is 0 Å². The second kappa shape index (κ2) is 14.2. The van der Waals surface area contributed by atoms with Crippen LogP contribution in [0.2, 0.25) is 0 Å². The van der Waals surface area contributed by atoms with Crippen LogP contribution >= 0.6 is 11.8 Å². The first-order valence-electron chi connectivity index (χ1n) is 10.4. The summed E-state index contributed by atoms with van der Waals surface area (Å²) in [5, 5.41) is 0. The molecule has 192 valence electrons. The van der Waals surface area contributed by atoms with Gasteiger partial charge in [-0.3, -0.25) is 8.37 Å². The molecule has 12 heteroatoms. The van der Waals surface area contributed by atoms with Crippen molar-refractivity contribution in [3.05, 3.63) is 59.7 Å². The van der Waals surface area contributed by atoms with Crippen molar-refractivity contribution in [2.24, 2.45) is 0 Å². The Morgan fingerprint density at radius 2 is 1.06 bits per heavy atom. The largest absolute Gasteiger partial charge is 0.296 e. The summed E-state index contributed by atoms with van der Waals surface area (Å²) in [6, 6.07) is 12.9. The zero-order valence-electron chi connectivity index (χ0n) is 19.8. The summed E-state index contributed by atoms with van der Waals surface area (Å²) in [4.78, 5) is 0.301. The Kier molecular flexibility index (Phi) is 12.8. The molecule has 2 aromatic rings. The van der Waals surface area contributed by atoms with Crippen molar-refractivity contribution in [3.63, 3.8) is 0 Å². The van der Waals surface area contributed by atoms with Gasteiger partial charge in [-0.1, -0.05) is 35.4 Å². The monoisotopic (exact) mass is 552 g/mol. The highest BCUT2D eigenvalue weighted by Gasteiger charge is 2.15. The van der Waals surface area contributed by atoms with E-state index in [0.29, 0.717) is 0 Å². The maximum Gasteiger partial charge on any atom is 0.296 e. The van der Waals surface area contributed by atoms with Crippen LogP contribution in [0.5, 0.6) is 0 Å². The number of hydrogen-bond acceptors (Lipinski definition) is 9. The lowest BCUT2D eigenvalue weighted by Crippen LogP contribution is -2.11. The molecule has 0 bridgehead atoms. The molecule has 0 amide bonds. The average Bonchev–Trinajstić information content (AvgIpc) is 2.75. The summed E-state index contributed by atoms with van der Waals surface area (Å²) < 4.78 is 78.1. The molecule has 2 rings (SSSR count). The SMILES string of the molecule is CSCCCOS(=O)(=O)c1ccc(C)cc1.Cc1ccc(S(=O)(=O)OCCCS(C)(=O)=O)cc1. The molecule has 0 aromatic heterocycles. The van der Waals surface area contributed by atoms with E-state index in [-0.39, 0.29) is 35.2 Å². The summed E-state index contributed by atoms with van der Waals surface area (Å²) in [7, 11) is -10.4. The van der Waals surface area contributed by atoms with Crippen LogP contribution in [0, 0.1) is 13.8 Å². The Balaban J connectivity index is 0.000000342. The number of sulfone groups is 1. The maximum absolute atomic E-state index is 11.7. The van der Waals surface area contributed by atoms with Crippen molar-refractivity contribution in [3.8, 4) is 0 Å². The van der Waals surface area contributed by atoms with Gasteiger partial charge in [0.25, 0.3) is 20.2 Å². The van der Waals surface area contributed by atoms with Crippen LogP contribution in [0.4, 0.5) is 0 Å². The van der Waals surface area contributed by atoms with E-state index in [2.05, 4.69) is 0 Å². The third kappa shape index (κ3) is 12.3. The minimum absolute atomic E-state index is 0.0763. The Bertz CT molecular complexity index is 1190. The predicted octanol–water partition coefficient (Wildman–Crippen LogP) is 3.59. The molecule has 8 nitrogen and oxygen atoms in total. The summed E-state index contributed by atoms with van der Waals surface area (Å²) in [5.74, 6) is 0.819. The van der Waals surface area contributed by atoms with Gasteiger partial charge in [0.05, 0.1) is 28.8 Å². The van der Waals surface area contributed by atoms with Gasteiger partial charge in [-0.2, -0.15) is 28.6 Å². The number of thioether (sulfide) groups is 1. The minimum Gasteiger partial charge on any atom is -0.266 e. The smallest absolute Gasteiger partial charge is 0.266 e. The lowest BCUT2D eigenvalue weighted by Gasteiger charge is -2.05. The van der Waals surface area contributed by atoms with Gasteiger partial charge in [0, 0.05) is 6.26 Å². The normalized spacial score (nSPS) is 12.1. The summed E-state index contributed by atoms with van der Waals surface area (Å²) in [6.07, 6.45) is 3.98. The molecule has 0 aliphatic heterocycles.